The van der Waals surface area contributed by atoms with Gasteiger partial charge in [0.1, 0.15) is 10.5 Å². The summed E-state index contributed by atoms with van der Waals surface area (Å²) in [6, 6.07) is 0. The number of aromatic nitrogens is 2. The SMILES string of the molecule is O=S1(=O)CCC(c2nc(=S)c3c([nH]2)CSC3)C1. The number of hydrogen-bond donors (Lipinski definition) is 1. The van der Waals surface area contributed by atoms with Crippen LogP contribution in [0.15, 0.2) is 0 Å². The van der Waals surface area contributed by atoms with Gasteiger partial charge in [-0.15, -0.1) is 0 Å². The van der Waals surface area contributed by atoms with E-state index in [-0.39, 0.29) is 17.4 Å². The zero-order valence-corrected chi connectivity index (χ0v) is 11.6. The van der Waals surface area contributed by atoms with Crippen molar-refractivity contribution in [3.8, 4) is 0 Å². The van der Waals surface area contributed by atoms with Gasteiger partial charge in [0.05, 0.1) is 11.5 Å². The Morgan fingerprint density at radius 2 is 2.24 bits per heavy atom. The van der Waals surface area contributed by atoms with Crippen LogP contribution in [-0.4, -0.2) is 29.9 Å². The molecule has 2 aliphatic heterocycles. The van der Waals surface area contributed by atoms with E-state index in [2.05, 4.69) is 9.97 Å². The topological polar surface area (TPSA) is 62.8 Å². The van der Waals surface area contributed by atoms with Crippen molar-refractivity contribution in [1.29, 1.82) is 0 Å². The van der Waals surface area contributed by atoms with Crippen molar-refractivity contribution in [1.82, 2.24) is 9.97 Å². The molecule has 1 aromatic heterocycles. The Kier molecular flexibility index (Phi) is 2.79. The maximum Gasteiger partial charge on any atom is 0.151 e. The van der Waals surface area contributed by atoms with Crippen molar-refractivity contribution in [3.63, 3.8) is 0 Å². The highest BCUT2D eigenvalue weighted by Crippen LogP contribution is 2.32. The fourth-order valence-corrected chi connectivity index (χ4v) is 5.50. The standard InChI is InChI=1S/C10H12N2O2S3/c13-17(14)2-1-6(5-17)9-11-8-4-16-3-7(8)10(15)12-9/h6H,1-5H2,(H,11,12,15). The molecule has 0 bridgehead atoms. The molecule has 7 heteroatoms. The second-order valence-electron chi connectivity index (χ2n) is 4.48. The van der Waals surface area contributed by atoms with E-state index >= 15 is 0 Å². The highest BCUT2D eigenvalue weighted by atomic mass is 32.2. The summed E-state index contributed by atoms with van der Waals surface area (Å²) >= 11 is 7.08. The average Bonchev–Trinajstić information content (AvgIpc) is 2.84. The molecule has 0 amide bonds. The highest BCUT2D eigenvalue weighted by molar-refractivity contribution is 7.98. The van der Waals surface area contributed by atoms with Crippen molar-refractivity contribution in [2.75, 3.05) is 11.5 Å². The summed E-state index contributed by atoms with van der Waals surface area (Å²) in [6.45, 7) is 0. The highest BCUT2D eigenvalue weighted by Gasteiger charge is 2.31. The lowest BCUT2D eigenvalue weighted by molar-refractivity contribution is 0.601. The van der Waals surface area contributed by atoms with Gasteiger partial charge in [-0.1, -0.05) is 12.2 Å². The van der Waals surface area contributed by atoms with Crippen LogP contribution in [-0.2, 0) is 21.3 Å². The van der Waals surface area contributed by atoms with Crippen molar-refractivity contribution in [2.24, 2.45) is 0 Å². The maximum absolute atomic E-state index is 11.5. The Balaban J connectivity index is 2.00. The van der Waals surface area contributed by atoms with Crippen molar-refractivity contribution in [2.45, 2.75) is 23.8 Å². The first-order valence-electron chi connectivity index (χ1n) is 5.45. The normalized spacial score (nSPS) is 26.0. The summed E-state index contributed by atoms with van der Waals surface area (Å²) in [7, 11) is -2.87. The molecule has 3 heterocycles. The van der Waals surface area contributed by atoms with Gasteiger partial charge in [-0.05, 0) is 6.42 Å². The van der Waals surface area contributed by atoms with Crippen molar-refractivity contribution >= 4 is 33.8 Å². The predicted octanol–water partition coefficient (Wildman–Crippen LogP) is 1.79. The fourth-order valence-electron chi connectivity index (χ4n) is 2.30. The Bertz CT molecular complexity index is 621. The zero-order chi connectivity index (χ0) is 12.0. The molecule has 0 aromatic carbocycles. The van der Waals surface area contributed by atoms with Crippen LogP contribution in [0.4, 0.5) is 0 Å². The number of H-pyrrole nitrogens is 1. The lowest BCUT2D eigenvalue weighted by Crippen LogP contribution is -2.09. The number of rotatable bonds is 1. The predicted molar refractivity (Wildman–Crippen MR) is 70.4 cm³/mol. The first-order valence-corrected chi connectivity index (χ1v) is 8.84. The third-order valence-electron chi connectivity index (χ3n) is 3.24. The molecular formula is C10H12N2O2S3. The van der Waals surface area contributed by atoms with Gasteiger partial charge in [0.15, 0.2) is 9.84 Å². The largest absolute Gasteiger partial charge is 0.346 e. The molecule has 3 rings (SSSR count). The fraction of sp³-hybridized carbons (Fsp3) is 0.600. The molecule has 2 aliphatic rings. The number of fused-ring (bicyclic) bond motifs is 1. The Morgan fingerprint density at radius 1 is 1.41 bits per heavy atom. The number of hydrogen-bond acceptors (Lipinski definition) is 5. The average molecular weight is 288 g/mol. The van der Waals surface area contributed by atoms with Gasteiger partial charge in [-0.25, -0.2) is 13.4 Å². The lowest BCUT2D eigenvalue weighted by atomic mass is 10.1. The summed E-state index contributed by atoms with van der Waals surface area (Å²) in [5.74, 6) is 3.08. The van der Waals surface area contributed by atoms with Crippen LogP contribution >= 0.6 is 24.0 Å². The number of aromatic amines is 1. The van der Waals surface area contributed by atoms with Gasteiger partial charge in [0.25, 0.3) is 0 Å². The second kappa shape index (κ2) is 4.07. The Morgan fingerprint density at radius 3 is 2.94 bits per heavy atom. The maximum atomic E-state index is 11.5. The van der Waals surface area contributed by atoms with Crippen LogP contribution in [0.25, 0.3) is 0 Å². The minimum Gasteiger partial charge on any atom is -0.346 e. The quantitative estimate of drug-likeness (QED) is 0.798. The summed E-state index contributed by atoms with van der Waals surface area (Å²) in [4.78, 5) is 7.66. The van der Waals surface area contributed by atoms with E-state index < -0.39 is 9.84 Å². The molecule has 0 aliphatic carbocycles. The number of thioether (sulfide) groups is 1. The van der Waals surface area contributed by atoms with Crippen LogP contribution in [0, 0.1) is 4.64 Å². The number of nitrogens with zero attached hydrogens (tertiary/aromatic N) is 1. The third-order valence-corrected chi connectivity index (χ3v) is 6.33. The summed E-state index contributed by atoms with van der Waals surface area (Å²) in [5.41, 5.74) is 2.25. The van der Waals surface area contributed by atoms with Gasteiger partial charge in [0.2, 0.25) is 0 Å². The lowest BCUT2D eigenvalue weighted by Gasteiger charge is -2.09. The van der Waals surface area contributed by atoms with Crippen LogP contribution < -0.4 is 0 Å². The molecule has 4 nitrogen and oxygen atoms in total. The van der Waals surface area contributed by atoms with Gasteiger partial charge in [-0.2, -0.15) is 11.8 Å². The van der Waals surface area contributed by atoms with E-state index in [0.29, 0.717) is 11.1 Å². The monoisotopic (exact) mass is 288 g/mol. The van der Waals surface area contributed by atoms with Gasteiger partial charge in [0, 0.05) is 28.7 Å². The molecule has 1 aromatic rings. The molecule has 1 N–H and O–H groups in total. The minimum absolute atomic E-state index is 0.00222. The zero-order valence-electron chi connectivity index (χ0n) is 9.10. The molecule has 92 valence electrons. The number of sulfone groups is 1. The van der Waals surface area contributed by atoms with E-state index in [1.54, 1.807) is 0 Å². The van der Waals surface area contributed by atoms with Crippen molar-refractivity contribution < 1.29 is 8.42 Å². The number of nitrogens with one attached hydrogen (secondary N) is 1. The molecule has 1 unspecified atom stereocenters. The second-order valence-corrected chi connectivity index (χ2v) is 8.08. The third kappa shape index (κ3) is 2.15. The molecule has 1 fully saturated rings. The molecule has 1 atom stereocenters. The minimum atomic E-state index is -2.87. The van der Waals surface area contributed by atoms with E-state index in [1.165, 1.54) is 0 Å². The molecule has 0 saturated carbocycles. The van der Waals surface area contributed by atoms with E-state index in [9.17, 15) is 8.42 Å². The van der Waals surface area contributed by atoms with Crippen LogP contribution in [0.2, 0.25) is 0 Å². The first kappa shape index (κ1) is 11.7. The van der Waals surface area contributed by atoms with Gasteiger partial charge < -0.3 is 4.98 Å². The molecule has 17 heavy (non-hydrogen) atoms. The van der Waals surface area contributed by atoms with E-state index in [0.717, 1.165) is 28.6 Å². The molecular weight excluding hydrogens is 276 g/mol. The van der Waals surface area contributed by atoms with Gasteiger partial charge in [-0.3, -0.25) is 0 Å². The molecule has 0 radical (unpaired) electrons. The van der Waals surface area contributed by atoms with Crippen LogP contribution in [0.3, 0.4) is 0 Å². The first-order chi connectivity index (χ1) is 8.05. The van der Waals surface area contributed by atoms with Crippen LogP contribution in [0.1, 0.15) is 29.4 Å². The van der Waals surface area contributed by atoms with E-state index in [4.69, 9.17) is 12.2 Å². The van der Waals surface area contributed by atoms with E-state index in [1.807, 2.05) is 11.8 Å². The Hall–Kier alpha value is -0.400. The molecule has 0 spiro atoms. The van der Waals surface area contributed by atoms with Crippen LogP contribution in [0.5, 0.6) is 0 Å². The van der Waals surface area contributed by atoms with Crippen molar-refractivity contribution in [3.05, 3.63) is 21.7 Å². The summed E-state index contributed by atoms with van der Waals surface area (Å²) in [5, 5.41) is 0. The Labute approximate surface area is 109 Å². The summed E-state index contributed by atoms with van der Waals surface area (Å²) < 4.78 is 23.6. The smallest absolute Gasteiger partial charge is 0.151 e. The van der Waals surface area contributed by atoms with Gasteiger partial charge >= 0.3 is 0 Å². The summed E-state index contributed by atoms with van der Waals surface area (Å²) in [6.07, 6.45) is 0.659. The molecule has 1 saturated heterocycles.